The molecular formula is C18H20BrN3O4S. The SMILES string of the molecule is CCN(CC)S(=O)(=O)c1cccc(C(=O)N/N=C/c2ccc(O)c(Br)c2)c1. The molecule has 0 heterocycles. The summed E-state index contributed by atoms with van der Waals surface area (Å²) in [5.41, 5.74) is 3.21. The van der Waals surface area contributed by atoms with Gasteiger partial charge in [-0.1, -0.05) is 19.9 Å². The second kappa shape index (κ2) is 9.12. The van der Waals surface area contributed by atoms with Gasteiger partial charge in [-0.15, -0.1) is 0 Å². The number of rotatable bonds is 7. The fourth-order valence-electron chi connectivity index (χ4n) is 2.34. The van der Waals surface area contributed by atoms with Crippen molar-refractivity contribution in [2.24, 2.45) is 5.10 Å². The van der Waals surface area contributed by atoms with Gasteiger partial charge in [0.05, 0.1) is 15.6 Å². The Morgan fingerprint density at radius 3 is 2.56 bits per heavy atom. The van der Waals surface area contributed by atoms with Crippen LogP contribution in [0.3, 0.4) is 0 Å². The number of amides is 1. The van der Waals surface area contributed by atoms with Crippen molar-refractivity contribution in [1.82, 2.24) is 9.73 Å². The fraction of sp³-hybridized carbons (Fsp3) is 0.222. The van der Waals surface area contributed by atoms with Crippen molar-refractivity contribution in [3.8, 4) is 5.75 Å². The van der Waals surface area contributed by atoms with Crippen molar-refractivity contribution in [3.05, 3.63) is 58.1 Å². The van der Waals surface area contributed by atoms with Crippen LogP contribution in [0.25, 0.3) is 0 Å². The van der Waals surface area contributed by atoms with Crippen molar-refractivity contribution < 1.29 is 18.3 Å². The van der Waals surface area contributed by atoms with Gasteiger partial charge in [0, 0.05) is 18.7 Å². The first-order valence-corrected chi connectivity index (χ1v) is 10.4. The Hall–Kier alpha value is -2.23. The molecule has 27 heavy (non-hydrogen) atoms. The van der Waals surface area contributed by atoms with Crippen molar-refractivity contribution >= 4 is 38.1 Å². The lowest BCUT2D eigenvalue weighted by Gasteiger charge is -2.18. The van der Waals surface area contributed by atoms with E-state index < -0.39 is 15.9 Å². The van der Waals surface area contributed by atoms with E-state index >= 15 is 0 Å². The number of carbonyl (C=O) groups excluding carboxylic acids is 1. The van der Waals surface area contributed by atoms with Crippen LogP contribution in [0.1, 0.15) is 29.8 Å². The standard InChI is InChI=1S/C18H20BrN3O4S/c1-3-22(4-2)27(25,26)15-7-5-6-14(11-15)18(24)21-20-12-13-8-9-17(23)16(19)10-13/h5-12,23H,3-4H2,1-2H3,(H,21,24)/b20-12+. The molecule has 0 saturated carbocycles. The Balaban J connectivity index is 2.15. The molecule has 144 valence electrons. The van der Waals surface area contributed by atoms with Gasteiger partial charge in [-0.25, -0.2) is 13.8 Å². The molecule has 9 heteroatoms. The second-order valence-corrected chi connectivity index (χ2v) is 8.32. The number of benzene rings is 2. The third-order valence-corrected chi connectivity index (χ3v) is 6.47. The maximum absolute atomic E-state index is 12.6. The van der Waals surface area contributed by atoms with Crippen LogP contribution in [0.5, 0.6) is 5.75 Å². The quantitative estimate of drug-likeness (QED) is 0.497. The van der Waals surface area contributed by atoms with Gasteiger partial charge < -0.3 is 5.11 Å². The second-order valence-electron chi connectivity index (χ2n) is 5.53. The number of halogens is 1. The van der Waals surface area contributed by atoms with Crippen LogP contribution in [0, 0.1) is 0 Å². The molecule has 2 rings (SSSR count). The molecule has 0 radical (unpaired) electrons. The molecule has 1 amide bonds. The van der Waals surface area contributed by atoms with Crippen LogP contribution in [-0.2, 0) is 10.0 Å². The number of carbonyl (C=O) groups is 1. The summed E-state index contributed by atoms with van der Waals surface area (Å²) in [4.78, 5) is 12.3. The Labute approximate surface area is 166 Å². The van der Waals surface area contributed by atoms with E-state index in [0.717, 1.165) is 0 Å². The molecule has 2 N–H and O–H groups in total. The molecule has 0 aromatic heterocycles. The summed E-state index contributed by atoms with van der Waals surface area (Å²) >= 11 is 3.19. The Kier molecular flexibility index (Phi) is 7.11. The highest BCUT2D eigenvalue weighted by atomic mass is 79.9. The van der Waals surface area contributed by atoms with Crippen molar-refractivity contribution in [2.45, 2.75) is 18.7 Å². The Morgan fingerprint density at radius 1 is 1.22 bits per heavy atom. The molecule has 2 aromatic carbocycles. The summed E-state index contributed by atoms with van der Waals surface area (Å²) in [6, 6.07) is 10.6. The summed E-state index contributed by atoms with van der Waals surface area (Å²) in [6.07, 6.45) is 1.42. The van der Waals surface area contributed by atoms with Crippen LogP contribution in [0.4, 0.5) is 0 Å². The third kappa shape index (κ3) is 5.15. The molecule has 2 aromatic rings. The molecule has 0 aliphatic carbocycles. The number of hydrogen-bond acceptors (Lipinski definition) is 5. The number of hydrazone groups is 1. The minimum absolute atomic E-state index is 0.0605. The molecule has 0 aliphatic heterocycles. The average molecular weight is 454 g/mol. The van der Waals surface area contributed by atoms with Crippen molar-refractivity contribution in [3.63, 3.8) is 0 Å². The van der Waals surface area contributed by atoms with E-state index in [4.69, 9.17) is 0 Å². The maximum atomic E-state index is 12.6. The summed E-state index contributed by atoms with van der Waals surface area (Å²) in [5, 5.41) is 13.3. The van der Waals surface area contributed by atoms with Crippen LogP contribution < -0.4 is 5.43 Å². The molecule has 0 unspecified atom stereocenters. The summed E-state index contributed by atoms with van der Waals surface area (Å²) in [5.74, 6) is -0.428. The molecule has 0 aliphatic rings. The highest BCUT2D eigenvalue weighted by molar-refractivity contribution is 9.10. The minimum atomic E-state index is -3.64. The topological polar surface area (TPSA) is 99.1 Å². The first-order valence-electron chi connectivity index (χ1n) is 8.21. The summed E-state index contributed by atoms with van der Waals surface area (Å²) in [7, 11) is -3.64. The van der Waals surface area contributed by atoms with Crippen molar-refractivity contribution in [1.29, 1.82) is 0 Å². The van der Waals surface area contributed by atoms with E-state index in [2.05, 4.69) is 26.5 Å². The van der Waals surface area contributed by atoms with Crippen LogP contribution in [0.2, 0.25) is 0 Å². The van der Waals surface area contributed by atoms with Crippen LogP contribution in [-0.4, -0.2) is 43.0 Å². The van der Waals surface area contributed by atoms with E-state index in [0.29, 0.717) is 23.1 Å². The zero-order valence-electron chi connectivity index (χ0n) is 14.9. The zero-order valence-corrected chi connectivity index (χ0v) is 17.3. The van der Waals surface area contributed by atoms with E-state index in [1.165, 1.54) is 40.9 Å². The molecule has 0 spiro atoms. The fourth-order valence-corrected chi connectivity index (χ4v) is 4.24. The number of nitrogens with one attached hydrogen (secondary N) is 1. The lowest BCUT2D eigenvalue weighted by molar-refractivity contribution is 0.0955. The Bertz CT molecular complexity index is 957. The van der Waals surface area contributed by atoms with E-state index in [9.17, 15) is 18.3 Å². The van der Waals surface area contributed by atoms with Crippen LogP contribution >= 0.6 is 15.9 Å². The largest absolute Gasteiger partial charge is 0.507 e. The molecule has 0 fully saturated rings. The Morgan fingerprint density at radius 2 is 1.93 bits per heavy atom. The maximum Gasteiger partial charge on any atom is 0.271 e. The van der Waals surface area contributed by atoms with Gasteiger partial charge in [-0.2, -0.15) is 9.41 Å². The van der Waals surface area contributed by atoms with E-state index in [-0.39, 0.29) is 16.2 Å². The number of nitrogens with zero attached hydrogens (tertiary/aromatic N) is 2. The minimum Gasteiger partial charge on any atom is -0.507 e. The molecule has 0 saturated heterocycles. The lowest BCUT2D eigenvalue weighted by Crippen LogP contribution is -2.30. The smallest absolute Gasteiger partial charge is 0.271 e. The lowest BCUT2D eigenvalue weighted by atomic mass is 10.2. The number of phenolic OH excluding ortho intramolecular Hbond substituents is 1. The summed E-state index contributed by atoms with van der Waals surface area (Å²) in [6.45, 7) is 4.21. The monoisotopic (exact) mass is 453 g/mol. The number of sulfonamides is 1. The average Bonchev–Trinajstić information content (AvgIpc) is 2.65. The zero-order chi connectivity index (χ0) is 20.0. The van der Waals surface area contributed by atoms with Gasteiger partial charge in [0.1, 0.15) is 5.75 Å². The van der Waals surface area contributed by atoms with Gasteiger partial charge in [0.15, 0.2) is 0 Å². The molecule has 7 nitrogen and oxygen atoms in total. The van der Waals surface area contributed by atoms with Gasteiger partial charge in [0.2, 0.25) is 10.0 Å². The molecular weight excluding hydrogens is 434 g/mol. The van der Waals surface area contributed by atoms with Gasteiger partial charge in [0.25, 0.3) is 5.91 Å². The predicted molar refractivity (Wildman–Crippen MR) is 107 cm³/mol. The van der Waals surface area contributed by atoms with Crippen LogP contribution in [0.15, 0.2) is 56.9 Å². The predicted octanol–water partition coefficient (Wildman–Crippen LogP) is 2.95. The third-order valence-electron chi connectivity index (χ3n) is 3.79. The van der Waals surface area contributed by atoms with Gasteiger partial charge >= 0.3 is 0 Å². The molecule has 0 atom stereocenters. The normalized spacial score (nSPS) is 11.9. The number of hydrogen-bond donors (Lipinski definition) is 2. The van der Waals surface area contributed by atoms with E-state index in [1.807, 2.05) is 0 Å². The highest BCUT2D eigenvalue weighted by Gasteiger charge is 2.22. The molecule has 0 bridgehead atoms. The number of aromatic hydroxyl groups is 1. The first-order chi connectivity index (χ1) is 12.8. The first kappa shape index (κ1) is 21.1. The van der Waals surface area contributed by atoms with Gasteiger partial charge in [-0.3, -0.25) is 4.79 Å². The van der Waals surface area contributed by atoms with Gasteiger partial charge in [-0.05, 0) is 57.9 Å². The van der Waals surface area contributed by atoms with Crippen molar-refractivity contribution in [2.75, 3.05) is 13.1 Å². The number of phenols is 1. The summed E-state index contributed by atoms with van der Waals surface area (Å²) < 4.78 is 27.0. The van der Waals surface area contributed by atoms with E-state index in [1.54, 1.807) is 26.0 Å². The highest BCUT2D eigenvalue weighted by Crippen LogP contribution is 2.23.